The van der Waals surface area contributed by atoms with Crippen LogP contribution in [0.3, 0.4) is 0 Å². The summed E-state index contributed by atoms with van der Waals surface area (Å²) >= 11 is 3.23. The summed E-state index contributed by atoms with van der Waals surface area (Å²) in [6.07, 6.45) is 6.84. The maximum Gasteiger partial charge on any atom is 0.137 e. The van der Waals surface area contributed by atoms with E-state index in [9.17, 15) is 4.39 Å². The first-order chi connectivity index (χ1) is 9.19. The molecule has 1 aliphatic carbocycles. The number of hydrogen-bond donors (Lipinski definition) is 1. The van der Waals surface area contributed by atoms with Gasteiger partial charge in [-0.2, -0.15) is 0 Å². The van der Waals surface area contributed by atoms with E-state index in [4.69, 9.17) is 0 Å². The van der Waals surface area contributed by atoms with Crippen LogP contribution in [-0.4, -0.2) is 6.54 Å². The van der Waals surface area contributed by atoms with Crippen LogP contribution in [0.25, 0.3) is 0 Å². The fourth-order valence-corrected chi connectivity index (χ4v) is 3.34. The van der Waals surface area contributed by atoms with Gasteiger partial charge in [0.2, 0.25) is 0 Å². The van der Waals surface area contributed by atoms with Gasteiger partial charge in [-0.1, -0.05) is 32.3 Å². The van der Waals surface area contributed by atoms with Crippen LogP contribution >= 0.6 is 15.9 Å². The van der Waals surface area contributed by atoms with Gasteiger partial charge in [0.25, 0.3) is 0 Å². The van der Waals surface area contributed by atoms with Crippen molar-refractivity contribution in [1.29, 1.82) is 0 Å². The highest BCUT2D eigenvalue weighted by Crippen LogP contribution is 2.30. The van der Waals surface area contributed by atoms with E-state index < -0.39 is 0 Å². The number of nitrogens with one attached hydrogen (secondary N) is 1. The molecule has 0 aromatic heterocycles. The summed E-state index contributed by atoms with van der Waals surface area (Å²) in [6, 6.07) is 5.23. The van der Waals surface area contributed by atoms with Crippen molar-refractivity contribution < 1.29 is 4.39 Å². The van der Waals surface area contributed by atoms with E-state index in [-0.39, 0.29) is 5.82 Å². The molecule has 0 heterocycles. The lowest BCUT2D eigenvalue weighted by Gasteiger charge is -2.27. The molecule has 0 radical (unpaired) electrons. The monoisotopic (exact) mass is 327 g/mol. The third-order valence-electron chi connectivity index (χ3n) is 4.29. The molecule has 1 aromatic rings. The average molecular weight is 328 g/mol. The number of hydrogen-bond acceptors (Lipinski definition) is 1. The predicted octanol–water partition coefficient (Wildman–Crippen LogP) is 4.89. The lowest BCUT2D eigenvalue weighted by Crippen LogP contribution is -2.26. The smallest absolute Gasteiger partial charge is 0.137 e. The van der Waals surface area contributed by atoms with Crippen molar-refractivity contribution in [1.82, 2.24) is 5.32 Å². The Morgan fingerprint density at radius 3 is 2.53 bits per heavy atom. The minimum atomic E-state index is -0.193. The van der Waals surface area contributed by atoms with Crippen LogP contribution in [0.2, 0.25) is 0 Å². The molecule has 19 heavy (non-hydrogen) atoms. The second-order valence-corrected chi connectivity index (χ2v) is 6.53. The minimum Gasteiger partial charge on any atom is -0.312 e. The number of halogens is 2. The highest BCUT2D eigenvalue weighted by molar-refractivity contribution is 9.10. The molecule has 0 amide bonds. The van der Waals surface area contributed by atoms with E-state index >= 15 is 0 Å². The quantitative estimate of drug-likeness (QED) is 0.811. The zero-order chi connectivity index (χ0) is 13.7. The molecule has 106 valence electrons. The Kier molecular flexibility index (Phi) is 5.83. The van der Waals surface area contributed by atoms with E-state index in [1.165, 1.54) is 38.2 Å². The first kappa shape index (κ1) is 15.0. The van der Waals surface area contributed by atoms with Crippen molar-refractivity contribution in [2.75, 3.05) is 6.54 Å². The molecule has 0 saturated heterocycles. The normalized spacial score (nSPS) is 23.5. The zero-order valence-corrected chi connectivity index (χ0v) is 13.2. The molecule has 2 rings (SSSR count). The molecular formula is C16H23BrFN. The van der Waals surface area contributed by atoms with Crippen molar-refractivity contribution in [3.8, 4) is 0 Å². The molecule has 0 atom stereocenters. The molecule has 1 N–H and O–H groups in total. The minimum absolute atomic E-state index is 0.193. The van der Waals surface area contributed by atoms with Crippen LogP contribution in [0.1, 0.15) is 44.6 Å². The van der Waals surface area contributed by atoms with Crippen LogP contribution in [0.5, 0.6) is 0 Å². The van der Waals surface area contributed by atoms with E-state index in [0.29, 0.717) is 4.47 Å². The van der Waals surface area contributed by atoms with Gasteiger partial charge in [-0.25, -0.2) is 4.39 Å². The topological polar surface area (TPSA) is 12.0 Å². The van der Waals surface area contributed by atoms with Crippen LogP contribution < -0.4 is 5.32 Å². The van der Waals surface area contributed by atoms with Gasteiger partial charge in [0, 0.05) is 6.54 Å². The summed E-state index contributed by atoms with van der Waals surface area (Å²) in [5.41, 5.74) is 1.13. The van der Waals surface area contributed by atoms with E-state index in [2.05, 4.69) is 28.2 Å². The summed E-state index contributed by atoms with van der Waals surface area (Å²) in [4.78, 5) is 0. The first-order valence-corrected chi connectivity index (χ1v) is 8.13. The Morgan fingerprint density at radius 1 is 1.21 bits per heavy atom. The largest absolute Gasteiger partial charge is 0.312 e. The Hall–Kier alpha value is -0.410. The highest BCUT2D eigenvalue weighted by atomic mass is 79.9. The van der Waals surface area contributed by atoms with Gasteiger partial charge < -0.3 is 5.32 Å². The standard InChI is InChI=1S/C16H23BrFN/c1-2-12-3-5-13(6-4-12)10-19-11-14-7-8-16(18)15(17)9-14/h7-9,12-13,19H,2-6,10-11H2,1H3. The van der Waals surface area contributed by atoms with Crippen LogP contribution in [0.15, 0.2) is 22.7 Å². The molecule has 1 fully saturated rings. The molecular weight excluding hydrogens is 305 g/mol. The molecule has 3 heteroatoms. The Balaban J connectivity index is 1.70. The number of rotatable bonds is 5. The Labute approximate surface area is 124 Å². The molecule has 0 bridgehead atoms. The van der Waals surface area contributed by atoms with Crippen LogP contribution in [0, 0.1) is 17.7 Å². The van der Waals surface area contributed by atoms with Gasteiger partial charge in [-0.05, 0) is 64.8 Å². The van der Waals surface area contributed by atoms with E-state index in [1.807, 2.05) is 12.1 Å². The molecule has 1 aromatic carbocycles. The van der Waals surface area contributed by atoms with Crippen molar-refractivity contribution in [3.63, 3.8) is 0 Å². The maximum atomic E-state index is 13.1. The van der Waals surface area contributed by atoms with Gasteiger partial charge in [0.1, 0.15) is 5.82 Å². The van der Waals surface area contributed by atoms with Crippen molar-refractivity contribution >= 4 is 15.9 Å². The van der Waals surface area contributed by atoms with Gasteiger partial charge in [-0.3, -0.25) is 0 Å². The summed E-state index contributed by atoms with van der Waals surface area (Å²) < 4.78 is 13.7. The second-order valence-electron chi connectivity index (χ2n) is 5.67. The summed E-state index contributed by atoms with van der Waals surface area (Å²) in [7, 11) is 0. The zero-order valence-electron chi connectivity index (χ0n) is 11.6. The predicted molar refractivity (Wildman–Crippen MR) is 81.5 cm³/mol. The molecule has 1 nitrogen and oxygen atoms in total. The van der Waals surface area contributed by atoms with Crippen molar-refractivity contribution in [2.24, 2.45) is 11.8 Å². The lowest BCUT2D eigenvalue weighted by molar-refractivity contribution is 0.262. The summed E-state index contributed by atoms with van der Waals surface area (Å²) in [6.45, 7) is 4.22. The number of benzene rings is 1. The molecule has 0 spiro atoms. The average Bonchev–Trinajstić information content (AvgIpc) is 2.43. The SMILES string of the molecule is CCC1CCC(CNCc2ccc(F)c(Br)c2)CC1. The summed E-state index contributed by atoms with van der Waals surface area (Å²) in [5, 5.41) is 3.51. The molecule has 1 saturated carbocycles. The van der Waals surface area contributed by atoms with Crippen molar-refractivity contribution in [3.05, 3.63) is 34.1 Å². The first-order valence-electron chi connectivity index (χ1n) is 7.33. The van der Waals surface area contributed by atoms with E-state index in [0.717, 1.165) is 30.5 Å². The third-order valence-corrected chi connectivity index (χ3v) is 4.90. The van der Waals surface area contributed by atoms with E-state index in [1.54, 1.807) is 0 Å². The van der Waals surface area contributed by atoms with Gasteiger partial charge in [-0.15, -0.1) is 0 Å². The third kappa shape index (κ3) is 4.57. The van der Waals surface area contributed by atoms with Gasteiger partial charge in [0.05, 0.1) is 4.47 Å². The Morgan fingerprint density at radius 2 is 1.89 bits per heavy atom. The van der Waals surface area contributed by atoms with Gasteiger partial charge >= 0.3 is 0 Å². The molecule has 1 aliphatic rings. The fraction of sp³-hybridized carbons (Fsp3) is 0.625. The highest BCUT2D eigenvalue weighted by Gasteiger charge is 2.19. The maximum absolute atomic E-state index is 13.1. The van der Waals surface area contributed by atoms with Gasteiger partial charge in [0.15, 0.2) is 0 Å². The molecule has 0 aliphatic heterocycles. The fourth-order valence-electron chi connectivity index (χ4n) is 2.91. The van der Waals surface area contributed by atoms with Crippen LogP contribution in [0.4, 0.5) is 4.39 Å². The lowest BCUT2D eigenvalue weighted by atomic mass is 9.81. The summed E-state index contributed by atoms with van der Waals surface area (Å²) in [5.74, 6) is 1.60. The van der Waals surface area contributed by atoms with Crippen LogP contribution in [-0.2, 0) is 6.54 Å². The Bertz CT molecular complexity index is 400. The van der Waals surface area contributed by atoms with Crippen molar-refractivity contribution in [2.45, 2.75) is 45.6 Å². The second kappa shape index (κ2) is 7.39. The molecule has 0 unspecified atom stereocenters.